The quantitative estimate of drug-likeness (QED) is 0.372. The van der Waals surface area contributed by atoms with Gasteiger partial charge in [-0.15, -0.1) is 24.5 Å². The van der Waals surface area contributed by atoms with Gasteiger partial charge in [-0.2, -0.15) is 4.31 Å². The smallest absolute Gasteiger partial charge is 0.489 e. The molecular weight excluding hydrogens is 553 g/mol. The minimum Gasteiger partial charge on any atom is -0.489 e. The number of hydrogen-bond acceptors (Lipinski definition) is 6. The number of halogens is 4. The summed E-state index contributed by atoms with van der Waals surface area (Å²) in [7, 11) is -3.83. The molecule has 1 fully saturated rings. The van der Waals surface area contributed by atoms with Crippen molar-refractivity contribution in [2.45, 2.75) is 42.6 Å². The van der Waals surface area contributed by atoms with Gasteiger partial charge in [0.25, 0.3) is 10.0 Å². The number of amides is 1. The maximum absolute atomic E-state index is 13.0. The number of alkyl halides is 3. The topological polar surface area (TPSA) is 84.9 Å². The molecule has 1 aromatic heterocycles. The third-order valence-electron chi connectivity index (χ3n) is 5.52. The maximum Gasteiger partial charge on any atom is 0.573 e. The Kier molecular flexibility index (Phi) is 8.32. The van der Waals surface area contributed by atoms with Crippen LogP contribution in [0.4, 0.5) is 13.2 Å². The highest BCUT2D eigenvalue weighted by molar-refractivity contribution is 7.91. The number of rotatable bonds is 9. The number of thiophene rings is 1. The predicted octanol–water partition coefficient (Wildman–Crippen LogP) is 5.35. The summed E-state index contributed by atoms with van der Waals surface area (Å²) in [6.45, 7) is 0.390. The SMILES string of the molecule is O=C(NCc1cccc(OCc2cccc(OC(F)(F)F)c2)c1)[C@@H]1CCCN1S(=O)(=O)c1ccc(Cl)s1. The van der Waals surface area contributed by atoms with E-state index in [2.05, 4.69) is 10.1 Å². The molecule has 2 aromatic carbocycles. The summed E-state index contributed by atoms with van der Waals surface area (Å²) < 4.78 is 74.5. The van der Waals surface area contributed by atoms with Crippen molar-refractivity contribution in [3.05, 3.63) is 76.1 Å². The van der Waals surface area contributed by atoms with Crippen molar-refractivity contribution in [2.24, 2.45) is 0 Å². The van der Waals surface area contributed by atoms with E-state index in [1.54, 1.807) is 30.3 Å². The fourth-order valence-corrected chi connectivity index (χ4v) is 7.16. The highest BCUT2D eigenvalue weighted by Gasteiger charge is 2.40. The van der Waals surface area contributed by atoms with Gasteiger partial charge < -0.3 is 14.8 Å². The minimum atomic E-state index is -4.78. The molecule has 1 saturated heterocycles. The molecule has 2 heterocycles. The van der Waals surface area contributed by atoms with Crippen LogP contribution in [-0.2, 0) is 28.0 Å². The first-order chi connectivity index (χ1) is 17.5. The molecule has 0 unspecified atom stereocenters. The van der Waals surface area contributed by atoms with Gasteiger partial charge in [0.05, 0.1) is 4.34 Å². The maximum atomic E-state index is 13.0. The van der Waals surface area contributed by atoms with Crippen LogP contribution in [0.3, 0.4) is 0 Å². The average molecular weight is 575 g/mol. The second-order valence-corrected chi connectivity index (χ2v) is 12.0. The normalized spacial score (nSPS) is 16.5. The molecule has 4 rings (SSSR count). The molecule has 0 bridgehead atoms. The van der Waals surface area contributed by atoms with Crippen molar-refractivity contribution in [3.63, 3.8) is 0 Å². The average Bonchev–Trinajstić information content (AvgIpc) is 3.51. The Labute approximate surface area is 220 Å². The Balaban J connectivity index is 1.34. The summed E-state index contributed by atoms with van der Waals surface area (Å²) in [4.78, 5) is 12.9. The Morgan fingerprint density at radius 3 is 2.49 bits per heavy atom. The van der Waals surface area contributed by atoms with Crippen LogP contribution in [0.2, 0.25) is 4.34 Å². The number of carbonyl (C=O) groups is 1. The summed E-state index contributed by atoms with van der Waals surface area (Å²) in [5.41, 5.74) is 1.19. The molecule has 198 valence electrons. The zero-order chi connectivity index (χ0) is 26.6. The highest BCUT2D eigenvalue weighted by atomic mass is 35.5. The van der Waals surface area contributed by atoms with Gasteiger partial charge in [-0.25, -0.2) is 8.42 Å². The van der Waals surface area contributed by atoms with Gasteiger partial charge in [0.2, 0.25) is 5.91 Å². The van der Waals surface area contributed by atoms with Crippen LogP contribution in [-0.4, -0.2) is 37.6 Å². The van der Waals surface area contributed by atoms with Crippen molar-refractivity contribution < 1.29 is 35.9 Å². The Bertz CT molecular complexity index is 1360. The molecule has 1 atom stereocenters. The fraction of sp³-hybridized carbons (Fsp3) is 0.292. The van der Waals surface area contributed by atoms with Crippen LogP contribution >= 0.6 is 22.9 Å². The lowest BCUT2D eigenvalue weighted by Gasteiger charge is -2.22. The van der Waals surface area contributed by atoms with E-state index in [1.165, 1.54) is 34.6 Å². The van der Waals surface area contributed by atoms with Gasteiger partial charge in [0, 0.05) is 13.1 Å². The molecular formula is C24H22ClF3N2O5S2. The van der Waals surface area contributed by atoms with E-state index < -0.39 is 28.3 Å². The standard InChI is InChI=1S/C24H22ClF3N2O5S2/c25-21-9-10-22(36-21)37(32,33)30-11-3-8-20(30)23(31)29-14-16-4-1-6-18(12-16)34-15-17-5-2-7-19(13-17)35-24(26,27)28/h1-2,4-7,9-10,12-13,20H,3,8,11,14-15H2,(H,29,31)/t20-/m0/s1. The van der Waals surface area contributed by atoms with Gasteiger partial charge in [-0.1, -0.05) is 35.9 Å². The Morgan fingerprint density at radius 2 is 1.78 bits per heavy atom. The van der Waals surface area contributed by atoms with Gasteiger partial charge >= 0.3 is 6.36 Å². The molecule has 1 aliphatic rings. The highest BCUT2D eigenvalue weighted by Crippen LogP contribution is 2.32. The Hall–Kier alpha value is -2.80. The zero-order valence-electron chi connectivity index (χ0n) is 19.2. The van der Waals surface area contributed by atoms with Gasteiger partial charge in [-0.3, -0.25) is 4.79 Å². The molecule has 13 heteroatoms. The van der Waals surface area contributed by atoms with Crippen molar-refractivity contribution in [1.82, 2.24) is 9.62 Å². The molecule has 37 heavy (non-hydrogen) atoms. The third kappa shape index (κ3) is 7.16. The molecule has 0 saturated carbocycles. The Morgan fingerprint density at radius 1 is 1.08 bits per heavy atom. The van der Waals surface area contributed by atoms with E-state index in [0.29, 0.717) is 34.1 Å². The van der Waals surface area contributed by atoms with E-state index in [0.717, 1.165) is 11.3 Å². The van der Waals surface area contributed by atoms with Gasteiger partial charge in [0.1, 0.15) is 28.4 Å². The summed E-state index contributed by atoms with van der Waals surface area (Å²) >= 11 is 6.84. The lowest BCUT2D eigenvalue weighted by Crippen LogP contribution is -2.45. The number of sulfonamides is 1. The minimum absolute atomic E-state index is 0.00645. The van der Waals surface area contributed by atoms with E-state index in [9.17, 15) is 26.4 Å². The number of benzene rings is 2. The molecule has 1 aliphatic heterocycles. The zero-order valence-corrected chi connectivity index (χ0v) is 21.6. The molecule has 1 N–H and O–H groups in total. The molecule has 7 nitrogen and oxygen atoms in total. The number of nitrogens with one attached hydrogen (secondary N) is 1. The first-order valence-corrected chi connectivity index (χ1v) is 13.8. The van der Waals surface area contributed by atoms with E-state index in [4.69, 9.17) is 16.3 Å². The first kappa shape index (κ1) is 27.2. The summed E-state index contributed by atoms with van der Waals surface area (Å²) in [5, 5.41) is 2.78. The monoisotopic (exact) mass is 574 g/mol. The third-order valence-corrected chi connectivity index (χ3v) is 9.13. The van der Waals surface area contributed by atoms with Crippen molar-refractivity contribution in [3.8, 4) is 11.5 Å². The van der Waals surface area contributed by atoms with Crippen molar-refractivity contribution in [1.29, 1.82) is 0 Å². The van der Waals surface area contributed by atoms with Crippen LogP contribution in [0.5, 0.6) is 11.5 Å². The van der Waals surface area contributed by atoms with E-state index in [1.807, 2.05) is 0 Å². The lowest BCUT2D eigenvalue weighted by molar-refractivity contribution is -0.274. The van der Waals surface area contributed by atoms with E-state index >= 15 is 0 Å². The van der Waals surface area contributed by atoms with Crippen LogP contribution in [0, 0.1) is 0 Å². The first-order valence-electron chi connectivity index (χ1n) is 11.1. The van der Waals surface area contributed by atoms with Crippen LogP contribution < -0.4 is 14.8 Å². The fourth-order valence-electron chi connectivity index (χ4n) is 3.89. The number of hydrogen-bond donors (Lipinski definition) is 1. The van der Waals surface area contributed by atoms with Crippen molar-refractivity contribution in [2.75, 3.05) is 6.54 Å². The van der Waals surface area contributed by atoms with Crippen LogP contribution in [0.25, 0.3) is 0 Å². The van der Waals surface area contributed by atoms with Crippen molar-refractivity contribution >= 4 is 38.9 Å². The van der Waals surface area contributed by atoms with E-state index in [-0.39, 0.29) is 29.7 Å². The number of nitrogens with zero attached hydrogens (tertiary/aromatic N) is 1. The predicted molar refractivity (Wildman–Crippen MR) is 132 cm³/mol. The lowest BCUT2D eigenvalue weighted by atomic mass is 10.2. The molecule has 3 aromatic rings. The number of carbonyl (C=O) groups excluding carboxylic acids is 1. The molecule has 0 spiro atoms. The summed E-state index contributed by atoms with van der Waals surface area (Å²) in [5.74, 6) is -0.291. The molecule has 0 aliphatic carbocycles. The largest absolute Gasteiger partial charge is 0.573 e. The molecule has 0 radical (unpaired) electrons. The second kappa shape index (κ2) is 11.3. The summed E-state index contributed by atoms with van der Waals surface area (Å²) in [6, 6.07) is 14.4. The van der Waals surface area contributed by atoms with Crippen LogP contribution in [0.1, 0.15) is 24.0 Å². The molecule has 1 amide bonds. The van der Waals surface area contributed by atoms with Gasteiger partial charge in [0.15, 0.2) is 0 Å². The van der Waals surface area contributed by atoms with Gasteiger partial charge in [-0.05, 0) is 60.4 Å². The van der Waals surface area contributed by atoms with Crippen LogP contribution in [0.15, 0.2) is 64.9 Å². The number of ether oxygens (including phenoxy) is 2. The second-order valence-electron chi connectivity index (χ2n) is 8.18. The summed E-state index contributed by atoms with van der Waals surface area (Å²) in [6.07, 6.45) is -3.81.